The van der Waals surface area contributed by atoms with E-state index in [1.54, 1.807) is 6.92 Å². The summed E-state index contributed by atoms with van der Waals surface area (Å²) < 4.78 is 33.0. The Kier molecular flexibility index (Phi) is 5.52. The Balaban J connectivity index is 2.06. The molecule has 0 bridgehead atoms. The molecule has 2 rings (SSSR count). The fraction of sp³-hybridized carbons (Fsp3) is 0.500. The van der Waals surface area contributed by atoms with Gasteiger partial charge in [0.2, 0.25) is 0 Å². The van der Waals surface area contributed by atoms with Crippen molar-refractivity contribution in [3.8, 4) is 0 Å². The van der Waals surface area contributed by atoms with Crippen LogP contribution in [0.2, 0.25) is 0 Å². The second kappa shape index (κ2) is 7.39. The monoisotopic (exact) mass is 327 g/mol. The zero-order valence-electron chi connectivity index (χ0n) is 12.8. The van der Waals surface area contributed by atoms with Crippen LogP contribution in [0.4, 0.5) is 13.6 Å². The van der Waals surface area contributed by atoms with E-state index in [4.69, 9.17) is 9.84 Å². The molecule has 0 saturated carbocycles. The molecular weight excluding hydrogens is 308 g/mol. The zero-order valence-corrected chi connectivity index (χ0v) is 12.8. The summed E-state index contributed by atoms with van der Waals surface area (Å²) in [7, 11) is 0. The molecule has 7 heteroatoms. The number of piperidine rings is 1. The van der Waals surface area contributed by atoms with Crippen LogP contribution in [-0.2, 0) is 11.2 Å². The van der Waals surface area contributed by atoms with Crippen molar-refractivity contribution in [1.82, 2.24) is 4.90 Å². The number of rotatable bonds is 4. The topological polar surface area (TPSA) is 66.8 Å². The number of hydrogen-bond acceptors (Lipinski definition) is 3. The van der Waals surface area contributed by atoms with Gasteiger partial charge in [-0.3, -0.25) is 0 Å². The van der Waals surface area contributed by atoms with E-state index in [0.29, 0.717) is 25.9 Å². The number of halogens is 2. The minimum Gasteiger partial charge on any atom is -0.465 e. The van der Waals surface area contributed by atoms with Gasteiger partial charge in [0, 0.05) is 18.7 Å². The van der Waals surface area contributed by atoms with Gasteiger partial charge < -0.3 is 14.7 Å². The van der Waals surface area contributed by atoms with E-state index < -0.39 is 23.7 Å². The SMILES string of the molecule is CCOC(=O)c1cc(F)c(CC2CCN(C(=O)O)CC2)c(F)c1. The van der Waals surface area contributed by atoms with E-state index in [0.717, 1.165) is 12.1 Å². The smallest absolute Gasteiger partial charge is 0.407 e. The number of carbonyl (C=O) groups is 2. The number of carbonyl (C=O) groups excluding carboxylic acids is 1. The third-order valence-corrected chi connectivity index (χ3v) is 4.03. The highest BCUT2D eigenvalue weighted by atomic mass is 19.1. The van der Waals surface area contributed by atoms with Gasteiger partial charge in [-0.15, -0.1) is 0 Å². The van der Waals surface area contributed by atoms with Crippen molar-refractivity contribution in [3.05, 3.63) is 34.9 Å². The highest BCUT2D eigenvalue weighted by molar-refractivity contribution is 5.89. The standard InChI is InChI=1S/C16H19F2NO4/c1-2-23-15(20)11-8-13(17)12(14(18)9-11)7-10-3-5-19(6-4-10)16(21)22/h8-10H,2-7H2,1H3,(H,21,22). The van der Waals surface area contributed by atoms with Crippen LogP contribution in [0.15, 0.2) is 12.1 Å². The fourth-order valence-electron chi connectivity index (χ4n) is 2.75. The average molecular weight is 327 g/mol. The second-order valence-electron chi connectivity index (χ2n) is 5.56. The van der Waals surface area contributed by atoms with Crippen molar-refractivity contribution in [3.63, 3.8) is 0 Å². The summed E-state index contributed by atoms with van der Waals surface area (Å²) in [5, 5.41) is 8.89. The van der Waals surface area contributed by atoms with E-state index in [1.807, 2.05) is 0 Å². The van der Waals surface area contributed by atoms with Crippen molar-refractivity contribution in [2.45, 2.75) is 26.2 Å². The van der Waals surface area contributed by atoms with Crippen LogP contribution < -0.4 is 0 Å². The molecule has 0 aromatic heterocycles. The maximum absolute atomic E-state index is 14.1. The molecule has 0 aliphatic carbocycles. The van der Waals surface area contributed by atoms with Crippen molar-refractivity contribution in [2.24, 2.45) is 5.92 Å². The summed E-state index contributed by atoms with van der Waals surface area (Å²) in [6.45, 7) is 2.47. The van der Waals surface area contributed by atoms with Gasteiger partial charge in [-0.05, 0) is 44.2 Å². The molecule has 5 nitrogen and oxygen atoms in total. The maximum Gasteiger partial charge on any atom is 0.407 e. The van der Waals surface area contributed by atoms with Gasteiger partial charge in [0.25, 0.3) is 0 Å². The minimum absolute atomic E-state index is 0.0167. The number of hydrogen-bond donors (Lipinski definition) is 1. The molecule has 1 N–H and O–H groups in total. The Morgan fingerprint density at radius 1 is 1.26 bits per heavy atom. The van der Waals surface area contributed by atoms with Crippen LogP contribution in [-0.4, -0.2) is 41.8 Å². The molecule has 0 atom stereocenters. The summed E-state index contributed by atoms with van der Waals surface area (Å²) in [6.07, 6.45) is 0.337. The van der Waals surface area contributed by atoms with E-state index in [9.17, 15) is 18.4 Å². The lowest BCUT2D eigenvalue weighted by Crippen LogP contribution is -2.38. The molecule has 1 amide bonds. The van der Waals surface area contributed by atoms with Crippen molar-refractivity contribution in [2.75, 3.05) is 19.7 Å². The fourth-order valence-corrected chi connectivity index (χ4v) is 2.75. The number of esters is 1. The molecule has 1 aliphatic heterocycles. The van der Waals surface area contributed by atoms with Crippen LogP contribution in [0, 0.1) is 17.6 Å². The van der Waals surface area contributed by atoms with E-state index in [2.05, 4.69) is 0 Å². The number of carboxylic acid groups (broad SMARTS) is 1. The lowest BCUT2D eigenvalue weighted by molar-refractivity contribution is 0.0525. The van der Waals surface area contributed by atoms with Gasteiger partial charge in [0.1, 0.15) is 11.6 Å². The summed E-state index contributed by atoms with van der Waals surface area (Å²) >= 11 is 0. The molecule has 23 heavy (non-hydrogen) atoms. The summed E-state index contributed by atoms with van der Waals surface area (Å²) in [6, 6.07) is 1.98. The van der Waals surface area contributed by atoms with E-state index in [-0.39, 0.29) is 30.1 Å². The molecule has 0 radical (unpaired) electrons. The summed E-state index contributed by atoms with van der Waals surface area (Å²) in [4.78, 5) is 23.7. The van der Waals surface area contributed by atoms with Crippen LogP contribution in [0.3, 0.4) is 0 Å². The van der Waals surface area contributed by atoms with E-state index >= 15 is 0 Å². The normalized spacial score (nSPS) is 15.5. The number of nitrogens with zero attached hydrogens (tertiary/aromatic N) is 1. The van der Waals surface area contributed by atoms with Gasteiger partial charge in [0.05, 0.1) is 12.2 Å². The molecule has 1 fully saturated rings. The quantitative estimate of drug-likeness (QED) is 0.863. The third kappa shape index (κ3) is 4.18. The van der Waals surface area contributed by atoms with Gasteiger partial charge in [-0.25, -0.2) is 18.4 Å². The number of likely N-dealkylation sites (tertiary alicyclic amines) is 1. The molecule has 0 unspecified atom stereocenters. The molecule has 0 spiro atoms. The largest absolute Gasteiger partial charge is 0.465 e. The summed E-state index contributed by atoms with van der Waals surface area (Å²) in [5.41, 5.74) is -0.210. The first-order chi connectivity index (χ1) is 10.9. The maximum atomic E-state index is 14.1. The first-order valence-corrected chi connectivity index (χ1v) is 7.55. The zero-order chi connectivity index (χ0) is 17.0. The first kappa shape index (κ1) is 17.2. The molecule has 1 aromatic carbocycles. The van der Waals surface area contributed by atoms with Gasteiger partial charge in [-0.1, -0.05) is 0 Å². The Labute approximate surface area is 132 Å². The van der Waals surface area contributed by atoms with Gasteiger partial charge >= 0.3 is 12.1 Å². The average Bonchev–Trinajstić information content (AvgIpc) is 2.51. The van der Waals surface area contributed by atoms with Crippen LogP contribution >= 0.6 is 0 Å². The van der Waals surface area contributed by atoms with Crippen molar-refractivity contribution < 1.29 is 28.2 Å². The number of ether oxygens (including phenoxy) is 1. The van der Waals surface area contributed by atoms with Crippen LogP contribution in [0.1, 0.15) is 35.7 Å². The molecular formula is C16H19F2NO4. The Morgan fingerprint density at radius 3 is 2.30 bits per heavy atom. The van der Waals surface area contributed by atoms with Crippen LogP contribution in [0.5, 0.6) is 0 Å². The highest BCUT2D eigenvalue weighted by Gasteiger charge is 2.25. The third-order valence-electron chi connectivity index (χ3n) is 4.03. The van der Waals surface area contributed by atoms with Gasteiger partial charge in [0.15, 0.2) is 0 Å². The predicted octanol–water partition coefficient (Wildman–Crippen LogP) is 3.07. The molecule has 1 heterocycles. The molecule has 126 valence electrons. The predicted molar refractivity (Wildman–Crippen MR) is 78.3 cm³/mol. The van der Waals surface area contributed by atoms with Crippen molar-refractivity contribution >= 4 is 12.1 Å². The molecule has 1 aliphatic rings. The van der Waals surface area contributed by atoms with Crippen molar-refractivity contribution in [1.29, 1.82) is 0 Å². The molecule has 1 saturated heterocycles. The Hall–Kier alpha value is -2.18. The van der Waals surface area contributed by atoms with Gasteiger partial charge in [-0.2, -0.15) is 0 Å². The minimum atomic E-state index is -0.973. The van der Waals surface area contributed by atoms with E-state index in [1.165, 1.54) is 4.90 Å². The lowest BCUT2D eigenvalue weighted by atomic mass is 9.89. The Morgan fingerprint density at radius 2 is 1.83 bits per heavy atom. The lowest BCUT2D eigenvalue weighted by Gasteiger charge is -2.30. The first-order valence-electron chi connectivity index (χ1n) is 7.55. The number of benzene rings is 1. The summed E-state index contributed by atoms with van der Waals surface area (Å²) in [5.74, 6) is -2.28. The Bertz CT molecular complexity index is 575. The van der Waals surface area contributed by atoms with Crippen LogP contribution in [0.25, 0.3) is 0 Å². The highest BCUT2D eigenvalue weighted by Crippen LogP contribution is 2.25. The second-order valence-corrected chi connectivity index (χ2v) is 5.56. The number of amides is 1. The molecule has 1 aromatic rings.